The van der Waals surface area contributed by atoms with Crippen molar-refractivity contribution in [1.82, 2.24) is 0 Å². The number of rotatable bonds is 1. The summed E-state index contributed by atoms with van der Waals surface area (Å²) in [5, 5.41) is 3.95. The summed E-state index contributed by atoms with van der Waals surface area (Å²) in [5.41, 5.74) is 8.29. The molecule has 1 atom stereocenters. The van der Waals surface area contributed by atoms with Gasteiger partial charge in [0.2, 0.25) is 0 Å². The van der Waals surface area contributed by atoms with Crippen LogP contribution in [0.15, 0.2) is 5.11 Å². The molecule has 1 aliphatic heterocycles. The van der Waals surface area contributed by atoms with Crippen LogP contribution in [0.5, 0.6) is 0 Å². The molecule has 1 rings (SSSR count). The summed E-state index contributed by atoms with van der Waals surface area (Å²) in [4.78, 5) is 2.86. The first-order valence-corrected chi connectivity index (χ1v) is 6.37. The van der Waals surface area contributed by atoms with Crippen LogP contribution >= 0.6 is 23.5 Å². The monoisotopic (exact) mass is 203 g/mol. The van der Waals surface area contributed by atoms with Crippen molar-refractivity contribution in [2.75, 3.05) is 17.3 Å². The number of azide groups is 1. The summed E-state index contributed by atoms with van der Waals surface area (Å²) in [5.74, 6) is 3.62. The van der Waals surface area contributed by atoms with Gasteiger partial charge in [0.05, 0.1) is 5.37 Å². The molecule has 1 aliphatic rings. The fraction of sp³-hybridized carbons (Fsp3) is 1.00. The Morgan fingerprint density at radius 3 is 2.92 bits per heavy atom. The van der Waals surface area contributed by atoms with E-state index in [4.69, 9.17) is 5.53 Å². The van der Waals surface area contributed by atoms with Crippen LogP contribution in [0, 0.1) is 0 Å². The number of thioether (sulfide) groups is 2. The predicted octanol–water partition coefficient (Wildman–Crippen LogP) is 3.27. The second kappa shape index (κ2) is 6.52. The van der Waals surface area contributed by atoms with E-state index in [9.17, 15) is 0 Å². The average Bonchev–Trinajstić information content (AvgIpc) is 2.19. The zero-order valence-corrected chi connectivity index (χ0v) is 8.61. The van der Waals surface area contributed by atoms with Gasteiger partial charge in [0.15, 0.2) is 0 Å². The van der Waals surface area contributed by atoms with Gasteiger partial charge in [-0.25, -0.2) is 0 Å². The summed E-state index contributed by atoms with van der Waals surface area (Å²) in [6.07, 6.45) is 3.47. The lowest BCUT2D eigenvalue weighted by molar-refractivity contribution is 0.767. The molecule has 0 saturated carbocycles. The van der Waals surface area contributed by atoms with Crippen molar-refractivity contribution in [2.45, 2.75) is 24.6 Å². The lowest BCUT2D eigenvalue weighted by Gasteiger charge is -2.06. The molecule has 0 aromatic heterocycles. The van der Waals surface area contributed by atoms with Gasteiger partial charge in [-0.1, -0.05) is 5.11 Å². The highest BCUT2D eigenvalue weighted by Gasteiger charge is 2.08. The maximum Gasteiger partial charge on any atom is 0.0833 e. The lowest BCUT2D eigenvalue weighted by atomic mass is 10.3. The standard InChI is InChI=1S/C7H13N3S2/c8-10-9-7-3-1-4-11-5-2-6-12-7/h7H,1-6H2. The minimum atomic E-state index is 0.189. The van der Waals surface area contributed by atoms with E-state index < -0.39 is 0 Å². The van der Waals surface area contributed by atoms with E-state index in [2.05, 4.69) is 10.0 Å². The summed E-state index contributed by atoms with van der Waals surface area (Å²) >= 11 is 3.82. The smallest absolute Gasteiger partial charge is 0.0833 e. The van der Waals surface area contributed by atoms with E-state index >= 15 is 0 Å². The SMILES string of the molecule is [N-]=[N+]=NC1CCCSCCCS1. The molecular formula is C7H13N3S2. The Labute approximate surface area is 81.3 Å². The lowest BCUT2D eigenvalue weighted by Crippen LogP contribution is -1.98. The van der Waals surface area contributed by atoms with Gasteiger partial charge < -0.3 is 0 Å². The van der Waals surface area contributed by atoms with Crippen LogP contribution in [0.2, 0.25) is 0 Å². The van der Waals surface area contributed by atoms with E-state index in [-0.39, 0.29) is 5.37 Å². The molecule has 3 nitrogen and oxygen atoms in total. The topological polar surface area (TPSA) is 48.8 Å². The Morgan fingerprint density at radius 1 is 1.25 bits per heavy atom. The molecule has 1 fully saturated rings. The van der Waals surface area contributed by atoms with Crippen molar-refractivity contribution in [3.05, 3.63) is 10.4 Å². The first-order valence-electron chi connectivity index (χ1n) is 4.17. The zero-order valence-electron chi connectivity index (χ0n) is 6.98. The zero-order chi connectivity index (χ0) is 8.65. The van der Waals surface area contributed by atoms with Crippen molar-refractivity contribution in [3.63, 3.8) is 0 Å². The summed E-state index contributed by atoms with van der Waals surface area (Å²) < 4.78 is 0. The quantitative estimate of drug-likeness (QED) is 0.373. The van der Waals surface area contributed by atoms with Crippen LogP contribution in [0.25, 0.3) is 10.4 Å². The maximum absolute atomic E-state index is 8.29. The van der Waals surface area contributed by atoms with Crippen molar-refractivity contribution in [3.8, 4) is 0 Å². The summed E-state index contributed by atoms with van der Waals surface area (Å²) in [6.45, 7) is 0. The largest absolute Gasteiger partial charge is 0.162 e. The van der Waals surface area contributed by atoms with Crippen LogP contribution in [-0.2, 0) is 0 Å². The van der Waals surface area contributed by atoms with Crippen LogP contribution in [-0.4, -0.2) is 22.6 Å². The Balaban J connectivity index is 2.33. The molecule has 0 aromatic rings. The van der Waals surface area contributed by atoms with Gasteiger partial charge in [-0.3, -0.25) is 0 Å². The molecule has 0 aliphatic carbocycles. The van der Waals surface area contributed by atoms with Crippen LogP contribution in [0.1, 0.15) is 19.3 Å². The van der Waals surface area contributed by atoms with Crippen LogP contribution in [0.3, 0.4) is 0 Å². The third-order valence-electron chi connectivity index (χ3n) is 1.66. The minimum Gasteiger partial charge on any atom is -0.162 e. The minimum absolute atomic E-state index is 0.189. The Morgan fingerprint density at radius 2 is 2.08 bits per heavy atom. The van der Waals surface area contributed by atoms with Gasteiger partial charge in [0.25, 0.3) is 0 Å². The highest BCUT2D eigenvalue weighted by Crippen LogP contribution is 2.23. The third-order valence-corrected chi connectivity index (χ3v) is 4.06. The number of nitrogens with zero attached hydrogens (tertiary/aromatic N) is 3. The van der Waals surface area contributed by atoms with E-state index in [1.165, 1.54) is 24.3 Å². The molecule has 68 valence electrons. The Hall–Kier alpha value is 0.0100. The average molecular weight is 203 g/mol. The fourth-order valence-electron chi connectivity index (χ4n) is 1.07. The number of hydrogen-bond acceptors (Lipinski definition) is 3. The molecule has 0 spiro atoms. The van der Waals surface area contributed by atoms with Gasteiger partial charge in [-0.15, -0.1) is 0 Å². The van der Waals surface area contributed by atoms with Crippen molar-refractivity contribution < 1.29 is 0 Å². The van der Waals surface area contributed by atoms with E-state index in [0.29, 0.717) is 0 Å². The second-order valence-electron chi connectivity index (χ2n) is 2.64. The van der Waals surface area contributed by atoms with Crippen LogP contribution < -0.4 is 0 Å². The van der Waals surface area contributed by atoms with Gasteiger partial charge in [-0.2, -0.15) is 23.5 Å². The number of hydrogen-bond donors (Lipinski definition) is 0. The van der Waals surface area contributed by atoms with Crippen molar-refractivity contribution >= 4 is 23.5 Å². The first kappa shape index (κ1) is 10.1. The van der Waals surface area contributed by atoms with Gasteiger partial charge in [0, 0.05) is 4.91 Å². The van der Waals surface area contributed by atoms with E-state index in [1.54, 1.807) is 11.8 Å². The highest BCUT2D eigenvalue weighted by atomic mass is 32.2. The molecular weight excluding hydrogens is 190 g/mol. The normalized spacial score (nSPS) is 26.2. The fourth-order valence-corrected chi connectivity index (χ4v) is 3.21. The third kappa shape index (κ3) is 4.14. The van der Waals surface area contributed by atoms with Gasteiger partial charge in [-0.05, 0) is 42.1 Å². The molecule has 1 unspecified atom stereocenters. The second-order valence-corrected chi connectivity index (χ2v) is 5.15. The molecule has 0 aromatic carbocycles. The van der Waals surface area contributed by atoms with E-state index in [0.717, 1.165) is 12.2 Å². The molecule has 12 heavy (non-hydrogen) atoms. The summed E-state index contributed by atoms with van der Waals surface area (Å²) in [6, 6.07) is 0. The molecule has 0 radical (unpaired) electrons. The molecule has 0 amide bonds. The van der Waals surface area contributed by atoms with E-state index in [1.807, 2.05) is 11.8 Å². The molecule has 0 bridgehead atoms. The molecule has 1 heterocycles. The van der Waals surface area contributed by atoms with Crippen molar-refractivity contribution in [1.29, 1.82) is 0 Å². The molecule has 1 saturated heterocycles. The van der Waals surface area contributed by atoms with Crippen molar-refractivity contribution in [2.24, 2.45) is 5.11 Å². The first-order chi connectivity index (χ1) is 5.93. The Kier molecular flexibility index (Phi) is 5.48. The van der Waals surface area contributed by atoms with Gasteiger partial charge in [0.1, 0.15) is 0 Å². The summed E-state index contributed by atoms with van der Waals surface area (Å²) in [7, 11) is 0. The highest BCUT2D eigenvalue weighted by molar-refractivity contribution is 8.00. The van der Waals surface area contributed by atoms with Crippen LogP contribution in [0.4, 0.5) is 0 Å². The molecule has 0 N–H and O–H groups in total. The Bertz CT molecular complexity index is 158. The predicted molar refractivity (Wildman–Crippen MR) is 56.6 cm³/mol. The molecule has 5 heteroatoms. The maximum atomic E-state index is 8.29. The van der Waals surface area contributed by atoms with Gasteiger partial charge >= 0.3 is 0 Å².